The summed E-state index contributed by atoms with van der Waals surface area (Å²) in [5.74, 6) is -1.72. The zero-order chi connectivity index (χ0) is 17.9. The summed E-state index contributed by atoms with van der Waals surface area (Å²) in [5.41, 5.74) is 1.41. The minimum absolute atomic E-state index is 0.200. The van der Waals surface area contributed by atoms with E-state index in [2.05, 4.69) is 5.32 Å². The van der Waals surface area contributed by atoms with Crippen LogP contribution in [-0.4, -0.2) is 28.7 Å². The maximum Gasteiger partial charge on any atom is 0.338 e. The molecule has 6 heteroatoms. The lowest BCUT2D eigenvalue weighted by Crippen LogP contribution is -2.14. The van der Waals surface area contributed by atoms with E-state index in [4.69, 9.17) is 4.74 Å². The molecule has 0 bridgehead atoms. The van der Waals surface area contributed by atoms with E-state index in [0.717, 1.165) is 0 Å². The van der Waals surface area contributed by atoms with Gasteiger partial charge >= 0.3 is 5.97 Å². The third kappa shape index (κ3) is 3.48. The highest BCUT2D eigenvalue weighted by Crippen LogP contribution is 2.34. The van der Waals surface area contributed by atoms with Gasteiger partial charge in [0.25, 0.3) is 5.91 Å². The fraction of sp³-hybridized carbons (Fsp3) is 0.222. The van der Waals surface area contributed by atoms with E-state index in [-0.39, 0.29) is 23.7 Å². The number of hydrogen-bond donors (Lipinski definition) is 3. The van der Waals surface area contributed by atoms with E-state index < -0.39 is 11.9 Å². The van der Waals surface area contributed by atoms with Gasteiger partial charge in [-0.3, -0.25) is 4.79 Å². The van der Waals surface area contributed by atoms with Gasteiger partial charge in [0.1, 0.15) is 17.1 Å². The van der Waals surface area contributed by atoms with Crippen molar-refractivity contribution in [3.8, 4) is 11.5 Å². The number of aromatic hydroxyl groups is 2. The number of esters is 1. The largest absolute Gasteiger partial charge is 0.507 e. The van der Waals surface area contributed by atoms with Gasteiger partial charge in [-0.1, -0.05) is 6.07 Å². The lowest BCUT2D eigenvalue weighted by molar-refractivity contribution is 0.0526. The lowest BCUT2D eigenvalue weighted by Gasteiger charge is -2.13. The summed E-state index contributed by atoms with van der Waals surface area (Å²) in [6.45, 7) is 5.23. The highest BCUT2D eigenvalue weighted by molar-refractivity contribution is 6.09. The van der Waals surface area contributed by atoms with Crippen LogP contribution in [-0.2, 0) is 4.74 Å². The number of phenols is 2. The van der Waals surface area contributed by atoms with Crippen LogP contribution in [0.4, 0.5) is 5.69 Å². The maximum atomic E-state index is 12.4. The van der Waals surface area contributed by atoms with Gasteiger partial charge in [-0.25, -0.2) is 4.79 Å². The van der Waals surface area contributed by atoms with Gasteiger partial charge in [0.05, 0.1) is 12.2 Å². The minimum Gasteiger partial charge on any atom is -0.507 e. The first kappa shape index (κ1) is 17.3. The number of benzene rings is 2. The summed E-state index contributed by atoms with van der Waals surface area (Å²) in [5, 5.41) is 22.7. The van der Waals surface area contributed by atoms with Crippen LogP contribution >= 0.6 is 0 Å². The first-order valence-corrected chi connectivity index (χ1v) is 7.45. The average Bonchev–Trinajstić information content (AvgIpc) is 2.54. The van der Waals surface area contributed by atoms with Crippen LogP contribution in [0.25, 0.3) is 0 Å². The zero-order valence-corrected chi connectivity index (χ0v) is 13.7. The molecule has 2 aromatic carbocycles. The number of aryl methyl sites for hydroxylation is 2. The molecule has 126 valence electrons. The van der Waals surface area contributed by atoms with Crippen LogP contribution in [0.2, 0.25) is 0 Å². The maximum absolute atomic E-state index is 12.4. The van der Waals surface area contributed by atoms with Crippen LogP contribution in [0.15, 0.2) is 30.3 Å². The van der Waals surface area contributed by atoms with Gasteiger partial charge in [0.2, 0.25) is 0 Å². The van der Waals surface area contributed by atoms with Crippen LogP contribution < -0.4 is 5.32 Å². The molecule has 0 aliphatic heterocycles. The topological polar surface area (TPSA) is 95.9 Å². The molecular formula is C18H19NO5. The van der Waals surface area contributed by atoms with Crippen molar-refractivity contribution in [1.82, 2.24) is 0 Å². The molecule has 0 saturated carbocycles. The first-order chi connectivity index (χ1) is 11.3. The van der Waals surface area contributed by atoms with Crippen molar-refractivity contribution in [2.45, 2.75) is 20.8 Å². The van der Waals surface area contributed by atoms with Gasteiger partial charge < -0.3 is 20.3 Å². The van der Waals surface area contributed by atoms with Gasteiger partial charge in [0, 0.05) is 5.69 Å². The normalized spacial score (nSPS) is 10.3. The fourth-order valence-electron chi connectivity index (χ4n) is 2.31. The van der Waals surface area contributed by atoms with E-state index in [1.807, 2.05) is 0 Å². The van der Waals surface area contributed by atoms with E-state index in [1.165, 1.54) is 6.07 Å². The number of carbonyl (C=O) groups excluding carboxylic acids is 2. The predicted molar refractivity (Wildman–Crippen MR) is 89.6 cm³/mol. The van der Waals surface area contributed by atoms with Gasteiger partial charge in [0.15, 0.2) is 0 Å². The van der Waals surface area contributed by atoms with Crippen molar-refractivity contribution in [3.05, 3.63) is 52.6 Å². The standard InChI is InChI=1S/C18H19NO5/c1-4-24-18(23)12-6-5-7-13(9-12)19-17(22)14-15(20)10(2)8-11(3)16(14)21/h5-9,20-21H,4H2,1-3H3,(H,19,22). The summed E-state index contributed by atoms with van der Waals surface area (Å²) in [6, 6.07) is 7.81. The Hall–Kier alpha value is -3.02. The van der Waals surface area contributed by atoms with E-state index in [0.29, 0.717) is 22.4 Å². The van der Waals surface area contributed by atoms with Crippen molar-refractivity contribution < 1.29 is 24.5 Å². The lowest BCUT2D eigenvalue weighted by atomic mass is 10.0. The molecule has 24 heavy (non-hydrogen) atoms. The quantitative estimate of drug-likeness (QED) is 0.749. The molecule has 1 amide bonds. The highest BCUT2D eigenvalue weighted by atomic mass is 16.5. The molecule has 0 heterocycles. The smallest absolute Gasteiger partial charge is 0.338 e. The molecule has 2 aromatic rings. The van der Waals surface area contributed by atoms with Gasteiger partial charge in [-0.15, -0.1) is 0 Å². The molecule has 0 fully saturated rings. The Balaban J connectivity index is 2.31. The van der Waals surface area contributed by atoms with Gasteiger partial charge in [-0.05, 0) is 56.2 Å². The van der Waals surface area contributed by atoms with Crippen LogP contribution in [0.3, 0.4) is 0 Å². The summed E-state index contributed by atoms with van der Waals surface area (Å²) in [6.07, 6.45) is 0. The minimum atomic E-state index is -0.669. The Kier molecular flexibility index (Phi) is 5.08. The van der Waals surface area contributed by atoms with Crippen LogP contribution in [0, 0.1) is 13.8 Å². The number of hydrogen-bond acceptors (Lipinski definition) is 5. The van der Waals surface area contributed by atoms with Crippen molar-refractivity contribution in [3.63, 3.8) is 0 Å². The Bertz CT molecular complexity index is 772. The SMILES string of the molecule is CCOC(=O)c1cccc(NC(=O)c2c(O)c(C)cc(C)c2O)c1. The average molecular weight is 329 g/mol. The Morgan fingerprint density at radius 3 is 2.29 bits per heavy atom. The van der Waals surface area contributed by atoms with Gasteiger partial charge in [-0.2, -0.15) is 0 Å². The molecule has 0 aromatic heterocycles. The fourth-order valence-corrected chi connectivity index (χ4v) is 2.31. The molecule has 0 aliphatic carbocycles. The number of nitrogens with one attached hydrogen (secondary N) is 1. The third-order valence-corrected chi connectivity index (χ3v) is 3.51. The molecule has 2 rings (SSSR count). The van der Waals surface area contributed by atoms with Crippen molar-refractivity contribution in [2.75, 3.05) is 11.9 Å². The molecule has 0 saturated heterocycles. The zero-order valence-electron chi connectivity index (χ0n) is 13.7. The number of rotatable bonds is 4. The predicted octanol–water partition coefficient (Wildman–Crippen LogP) is 3.14. The summed E-state index contributed by atoms with van der Waals surface area (Å²) >= 11 is 0. The molecule has 6 nitrogen and oxygen atoms in total. The monoisotopic (exact) mass is 329 g/mol. The molecule has 0 unspecified atom stereocenters. The van der Waals surface area contributed by atoms with Crippen LogP contribution in [0.5, 0.6) is 11.5 Å². The Morgan fingerprint density at radius 1 is 1.08 bits per heavy atom. The third-order valence-electron chi connectivity index (χ3n) is 3.51. The summed E-state index contributed by atoms with van der Waals surface area (Å²) in [4.78, 5) is 24.2. The summed E-state index contributed by atoms with van der Waals surface area (Å²) < 4.78 is 4.91. The van der Waals surface area contributed by atoms with Crippen molar-refractivity contribution in [2.24, 2.45) is 0 Å². The second-order valence-electron chi connectivity index (χ2n) is 5.34. The number of phenolic OH excluding ortho intramolecular Hbond substituents is 2. The van der Waals surface area contributed by atoms with E-state index in [9.17, 15) is 19.8 Å². The molecule has 0 radical (unpaired) electrons. The van der Waals surface area contributed by atoms with E-state index in [1.54, 1.807) is 45.0 Å². The number of anilines is 1. The summed E-state index contributed by atoms with van der Waals surface area (Å²) in [7, 11) is 0. The molecule has 0 aliphatic rings. The number of carbonyl (C=O) groups is 2. The molecular weight excluding hydrogens is 310 g/mol. The Morgan fingerprint density at radius 2 is 1.71 bits per heavy atom. The van der Waals surface area contributed by atoms with Crippen LogP contribution in [0.1, 0.15) is 38.8 Å². The van der Waals surface area contributed by atoms with Crippen molar-refractivity contribution in [1.29, 1.82) is 0 Å². The first-order valence-electron chi connectivity index (χ1n) is 7.45. The molecule has 0 spiro atoms. The second-order valence-corrected chi connectivity index (χ2v) is 5.34. The number of amides is 1. The molecule has 3 N–H and O–H groups in total. The van der Waals surface area contributed by atoms with E-state index >= 15 is 0 Å². The second kappa shape index (κ2) is 7.04. The number of ether oxygens (including phenoxy) is 1. The highest BCUT2D eigenvalue weighted by Gasteiger charge is 2.20. The molecule has 0 atom stereocenters. The Labute approximate surface area is 139 Å². The van der Waals surface area contributed by atoms with Crippen molar-refractivity contribution >= 4 is 17.6 Å².